The fourth-order valence-electron chi connectivity index (χ4n) is 5.02. The molecule has 0 aromatic carbocycles. The lowest BCUT2D eigenvalue weighted by Gasteiger charge is -2.40. The summed E-state index contributed by atoms with van der Waals surface area (Å²) in [6, 6.07) is 3.01. The Bertz CT molecular complexity index is 710. The van der Waals surface area contributed by atoms with Gasteiger partial charge < -0.3 is 14.5 Å². The van der Waals surface area contributed by atoms with Crippen LogP contribution < -0.4 is 4.74 Å². The van der Waals surface area contributed by atoms with Crippen molar-refractivity contribution in [2.24, 2.45) is 0 Å². The minimum absolute atomic E-state index is 0.0804. The van der Waals surface area contributed by atoms with Gasteiger partial charge in [-0.2, -0.15) is 4.89 Å². The number of likely N-dealkylation sites (tertiary alicyclic amines) is 2. The molecule has 1 aromatic heterocycles. The quantitative estimate of drug-likeness (QED) is 0.236. The summed E-state index contributed by atoms with van der Waals surface area (Å²) in [5.41, 5.74) is 1.35. The summed E-state index contributed by atoms with van der Waals surface area (Å²) >= 11 is 0. The van der Waals surface area contributed by atoms with Crippen LogP contribution in [0.4, 0.5) is 0 Å². The molecule has 0 bridgehead atoms. The summed E-state index contributed by atoms with van der Waals surface area (Å²) in [5, 5.41) is 18.7. The predicted molar refractivity (Wildman–Crippen MR) is 129 cm³/mol. The van der Waals surface area contributed by atoms with E-state index in [9.17, 15) is 0 Å². The second kappa shape index (κ2) is 16.1. The Kier molecular flexibility index (Phi) is 12.7. The van der Waals surface area contributed by atoms with Gasteiger partial charge in [-0.25, -0.2) is 5.26 Å². The van der Waals surface area contributed by atoms with Crippen LogP contribution in [0.5, 0.6) is 5.88 Å². The van der Waals surface area contributed by atoms with Gasteiger partial charge in [-0.05, 0) is 108 Å². The van der Waals surface area contributed by atoms with E-state index in [1.54, 1.807) is 6.92 Å². The lowest BCUT2D eigenvalue weighted by molar-refractivity contribution is -0.620. The highest BCUT2D eigenvalue weighted by molar-refractivity contribution is 5.16. The van der Waals surface area contributed by atoms with Crippen molar-refractivity contribution in [3.05, 3.63) is 11.8 Å². The van der Waals surface area contributed by atoms with E-state index in [1.807, 2.05) is 0 Å². The average molecular weight is 479 g/mol. The van der Waals surface area contributed by atoms with Crippen LogP contribution in [-0.2, 0) is 27.9 Å². The molecule has 1 aromatic rings. The summed E-state index contributed by atoms with van der Waals surface area (Å²) in [4.78, 5) is 9.50. The molecule has 9 heteroatoms. The zero-order chi connectivity index (χ0) is 23.8. The number of fused-ring (bicyclic) bond motifs is 1. The molecular formula is C25H42N4O5. The van der Waals surface area contributed by atoms with E-state index in [2.05, 4.69) is 52.5 Å². The van der Waals surface area contributed by atoms with Gasteiger partial charge in [-0.15, -0.1) is 11.0 Å². The van der Waals surface area contributed by atoms with Gasteiger partial charge in [0.2, 0.25) is 5.88 Å². The standard InChI is InChI=1S/C21H36N4O.C4H6O4/c1-3-12-24(13-4-1)19-9-15-23(16-10-19)11-6-7-17-26-21-18-20-8-2-5-14-25(20)22-21;1-2-3-4-6-8-7-5/h18-19H,1-17H2;5H,4H2,1H3. The molecule has 0 atom stereocenters. The van der Waals surface area contributed by atoms with Gasteiger partial charge in [-0.1, -0.05) is 12.3 Å². The minimum Gasteiger partial charge on any atom is -0.477 e. The Morgan fingerprint density at radius 2 is 1.82 bits per heavy atom. The third-order valence-corrected chi connectivity index (χ3v) is 6.86. The number of piperidine rings is 2. The zero-order valence-electron chi connectivity index (χ0n) is 20.8. The molecule has 0 amide bonds. The highest BCUT2D eigenvalue weighted by Gasteiger charge is 2.25. The first-order chi connectivity index (χ1) is 16.8. The van der Waals surface area contributed by atoms with E-state index in [0.717, 1.165) is 37.9 Å². The average Bonchev–Trinajstić information content (AvgIpc) is 3.31. The molecule has 4 rings (SSSR count). The molecule has 192 valence electrons. The highest BCUT2D eigenvalue weighted by atomic mass is 17.6. The Hall–Kier alpha value is -1.67. The molecule has 4 heterocycles. The number of hydrogen-bond donors (Lipinski definition) is 1. The van der Waals surface area contributed by atoms with E-state index in [4.69, 9.17) is 9.99 Å². The second-order valence-corrected chi connectivity index (χ2v) is 9.21. The van der Waals surface area contributed by atoms with E-state index < -0.39 is 0 Å². The fourth-order valence-corrected chi connectivity index (χ4v) is 5.02. The second-order valence-electron chi connectivity index (χ2n) is 9.21. The topological polar surface area (TPSA) is 81.5 Å². The van der Waals surface area contributed by atoms with Gasteiger partial charge in [0.25, 0.3) is 0 Å². The Labute approximate surface area is 204 Å². The lowest BCUT2D eigenvalue weighted by Crippen LogP contribution is -2.46. The van der Waals surface area contributed by atoms with Gasteiger partial charge >= 0.3 is 0 Å². The molecule has 9 nitrogen and oxygen atoms in total. The van der Waals surface area contributed by atoms with Crippen molar-refractivity contribution in [1.29, 1.82) is 0 Å². The third-order valence-electron chi connectivity index (χ3n) is 6.86. The molecule has 2 fully saturated rings. The molecular weight excluding hydrogens is 436 g/mol. The van der Waals surface area contributed by atoms with Crippen LogP contribution in [0.25, 0.3) is 0 Å². The van der Waals surface area contributed by atoms with Crippen molar-refractivity contribution < 1.29 is 25.0 Å². The van der Waals surface area contributed by atoms with Gasteiger partial charge in [0, 0.05) is 24.3 Å². The van der Waals surface area contributed by atoms with Crippen LogP contribution in [0.3, 0.4) is 0 Å². The molecule has 3 aliphatic rings. The fraction of sp³-hybridized carbons (Fsp3) is 0.800. The molecule has 0 unspecified atom stereocenters. The van der Waals surface area contributed by atoms with Crippen LogP contribution in [0, 0.1) is 11.8 Å². The third kappa shape index (κ3) is 9.53. The Morgan fingerprint density at radius 3 is 2.56 bits per heavy atom. The van der Waals surface area contributed by atoms with Crippen molar-refractivity contribution in [2.45, 2.75) is 83.7 Å². The number of aromatic nitrogens is 2. The summed E-state index contributed by atoms with van der Waals surface area (Å²) in [6.45, 7) is 10.1. The van der Waals surface area contributed by atoms with E-state index in [-0.39, 0.29) is 6.61 Å². The summed E-state index contributed by atoms with van der Waals surface area (Å²) in [7, 11) is 0. The van der Waals surface area contributed by atoms with Crippen molar-refractivity contribution >= 4 is 0 Å². The molecule has 0 aliphatic carbocycles. The monoisotopic (exact) mass is 478 g/mol. The first-order valence-electron chi connectivity index (χ1n) is 13.0. The van der Waals surface area contributed by atoms with Gasteiger partial charge in [0.1, 0.15) is 6.61 Å². The first kappa shape index (κ1) is 26.9. The normalized spacial score (nSPS) is 19.5. The Balaban J connectivity index is 0.000000350. The van der Waals surface area contributed by atoms with E-state index in [1.165, 1.54) is 89.8 Å². The van der Waals surface area contributed by atoms with Crippen LogP contribution in [-0.4, -0.2) is 76.8 Å². The number of aryl methyl sites for hydroxylation is 2. The SMILES string of the molecule is CC#CCOOOO.c1c(OCCCCN2CCC(N3CCCCC3)CC2)nn2c1CCCC2. The lowest BCUT2D eigenvalue weighted by atomic mass is 10.00. The maximum atomic E-state index is 7.47. The predicted octanol–water partition coefficient (Wildman–Crippen LogP) is 3.69. The van der Waals surface area contributed by atoms with Crippen molar-refractivity contribution in [3.63, 3.8) is 0 Å². The molecule has 0 saturated carbocycles. The van der Waals surface area contributed by atoms with Gasteiger partial charge in [-0.3, -0.25) is 4.68 Å². The minimum atomic E-state index is 0.0804. The first-order valence-corrected chi connectivity index (χ1v) is 13.0. The van der Waals surface area contributed by atoms with Crippen molar-refractivity contribution in [3.8, 4) is 17.7 Å². The summed E-state index contributed by atoms with van der Waals surface area (Å²) < 4.78 is 8.02. The zero-order valence-corrected chi connectivity index (χ0v) is 20.8. The number of unbranched alkanes of at least 4 members (excludes halogenated alkanes) is 1. The molecule has 2 saturated heterocycles. The molecule has 34 heavy (non-hydrogen) atoms. The number of hydrogen-bond acceptors (Lipinski definition) is 8. The molecule has 1 N–H and O–H groups in total. The van der Waals surface area contributed by atoms with E-state index in [0.29, 0.717) is 0 Å². The highest BCUT2D eigenvalue weighted by Crippen LogP contribution is 2.21. The number of ether oxygens (including phenoxy) is 1. The van der Waals surface area contributed by atoms with Gasteiger partial charge in [0.05, 0.1) is 6.61 Å². The molecule has 0 radical (unpaired) electrons. The van der Waals surface area contributed by atoms with E-state index >= 15 is 0 Å². The Morgan fingerprint density at radius 1 is 1.03 bits per heavy atom. The molecule has 3 aliphatic heterocycles. The number of nitrogens with zero attached hydrogens (tertiary/aromatic N) is 4. The smallest absolute Gasteiger partial charge is 0.232 e. The van der Waals surface area contributed by atoms with Gasteiger partial charge in [0.15, 0.2) is 0 Å². The van der Waals surface area contributed by atoms with Crippen LogP contribution in [0.15, 0.2) is 6.07 Å². The maximum absolute atomic E-state index is 7.47. The van der Waals surface area contributed by atoms with Crippen LogP contribution >= 0.6 is 0 Å². The molecule has 0 spiro atoms. The van der Waals surface area contributed by atoms with Crippen molar-refractivity contribution in [1.82, 2.24) is 19.6 Å². The number of rotatable bonds is 10. The summed E-state index contributed by atoms with van der Waals surface area (Å²) in [6.07, 6.45) is 13.1. The van der Waals surface area contributed by atoms with Crippen LogP contribution in [0.2, 0.25) is 0 Å². The maximum Gasteiger partial charge on any atom is 0.232 e. The largest absolute Gasteiger partial charge is 0.477 e. The van der Waals surface area contributed by atoms with Crippen LogP contribution in [0.1, 0.15) is 70.4 Å². The van der Waals surface area contributed by atoms with Crippen molar-refractivity contribution in [2.75, 3.05) is 45.9 Å². The summed E-state index contributed by atoms with van der Waals surface area (Å²) in [5.74, 6) is 5.87.